The van der Waals surface area contributed by atoms with Crippen molar-refractivity contribution in [1.82, 2.24) is 5.32 Å². The molecule has 0 aliphatic rings. The Balaban J connectivity index is 2.15. The largest absolute Gasteiger partial charge is 0.384 e. The number of hydrogen-bond acceptors (Lipinski definition) is 4. The van der Waals surface area contributed by atoms with Crippen LogP contribution in [0.1, 0.15) is 43.5 Å². The SMILES string of the molecule is Cc1cc(C(C)NC(=O)c2sccc2C#CCO)c(C)s1. The minimum atomic E-state index is -0.208. The van der Waals surface area contributed by atoms with E-state index in [-0.39, 0.29) is 18.6 Å². The van der Waals surface area contributed by atoms with Crippen molar-refractivity contribution in [2.45, 2.75) is 26.8 Å². The van der Waals surface area contributed by atoms with Crippen LogP contribution in [0.4, 0.5) is 0 Å². The molecule has 2 rings (SSSR count). The van der Waals surface area contributed by atoms with Gasteiger partial charge in [0, 0.05) is 15.3 Å². The summed E-state index contributed by atoms with van der Waals surface area (Å²) < 4.78 is 0. The molecule has 1 amide bonds. The van der Waals surface area contributed by atoms with E-state index in [0.29, 0.717) is 10.4 Å². The first kappa shape index (κ1) is 15.8. The zero-order valence-electron chi connectivity index (χ0n) is 12.2. The number of aliphatic hydroxyl groups excluding tert-OH is 1. The van der Waals surface area contributed by atoms with Crippen molar-refractivity contribution in [2.24, 2.45) is 0 Å². The summed E-state index contributed by atoms with van der Waals surface area (Å²) in [6, 6.07) is 3.88. The summed E-state index contributed by atoms with van der Waals surface area (Å²) in [4.78, 5) is 15.4. The van der Waals surface area contributed by atoms with Crippen LogP contribution in [0.5, 0.6) is 0 Å². The van der Waals surface area contributed by atoms with Gasteiger partial charge in [-0.15, -0.1) is 22.7 Å². The Bertz CT molecular complexity index is 703. The van der Waals surface area contributed by atoms with Crippen molar-refractivity contribution < 1.29 is 9.90 Å². The average Bonchev–Trinajstić information content (AvgIpc) is 3.02. The van der Waals surface area contributed by atoms with Gasteiger partial charge in [-0.25, -0.2) is 0 Å². The van der Waals surface area contributed by atoms with Gasteiger partial charge in [0.15, 0.2) is 0 Å². The third kappa shape index (κ3) is 3.73. The number of rotatable bonds is 3. The second-order valence-electron chi connectivity index (χ2n) is 4.69. The van der Waals surface area contributed by atoms with E-state index in [4.69, 9.17) is 5.11 Å². The second-order valence-corrected chi connectivity index (χ2v) is 7.06. The zero-order valence-corrected chi connectivity index (χ0v) is 13.8. The standard InChI is InChI=1S/C16H17NO2S2/c1-10-9-14(12(3)21-10)11(2)17-16(19)15-13(5-4-7-18)6-8-20-15/h6,8-9,11,18H,7H2,1-3H3,(H,17,19). The number of aliphatic hydroxyl groups is 1. The summed E-state index contributed by atoms with van der Waals surface area (Å²) in [7, 11) is 0. The second kappa shape index (κ2) is 6.90. The number of carbonyl (C=O) groups is 1. The minimum absolute atomic E-state index is 0.0387. The Kier molecular flexibility index (Phi) is 5.18. The molecule has 1 atom stereocenters. The first-order valence-electron chi connectivity index (χ1n) is 6.58. The van der Waals surface area contributed by atoms with E-state index in [9.17, 15) is 4.79 Å². The molecule has 3 nitrogen and oxygen atoms in total. The highest BCUT2D eigenvalue weighted by molar-refractivity contribution is 7.12. The monoisotopic (exact) mass is 319 g/mol. The van der Waals surface area contributed by atoms with Gasteiger partial charge in [0.2, 0.25) is 0 Å². The zero-order chi connectivity index (χ0) is 15.4. The molecular formula is C16H17NO2S2. The van der Waals surface area contributed by atoms with E-state index in [2.05, 4.69) is 37.1 Å². The maximum absolute atomic E-state index is 12.4. The Morgan fingerprint density at radius 1 is 1.48 bits per heavy atom. The van der Waals surface area contributed by atoms with Gasteiger partial charge in [-0.2, -0.15) is 0 Å². The third-order valence-electron chi connectivity index (χ3n) is 3.07. The van der Waals surface area contributed by atoms with Crippen molar-refractivity contribution >= 4 is 28.6 Å². The van der Waals surface area contributed by atoms with Crippen LogP contribution in [0.15, 0.2) is 17.5 Å². The molecule has 0 aliphatic heterocycles. The Labute approximate surface area is 132 Å². The number of amides is 1. The Morgan fingerprint density at radius 3 is 2.86 bits per heavy atom. The van der Waals surface area contributed by atoms with E-state index < -0.39 is 0 Å². The summed E-state index contributed by atoms with van der Waals surface area (Å²) in [5, 5.41) is 13.6. The van der Waals surface area contributed by atoms with Crippen LogP contribution < -0.4 is 5.32 Å². The van der Waals surface area contributed by atoms with Crippen LogP contribution in [0.3, 0.4) is 0 Å². The fourth-order valence-corrected chi connectivity index (χ4v) is 3.91. The molecule has 0 aromatic carbocycles. The summed E-state index contributed by atoms with van der Waals surface area (Å²) in [6.07, 6.45) is 0. The Hall–Kier alpha value is -1.61. The lowest BCUT2D eigenvalue weighted by Gasteiger charge is -2.13. The van der Waals surface area contributed by atoms with Crippen LogP contribution in [0.25, 0.3) is 0 Å². The van der Waals surface area contributed by atoms with E-state index in [1.807, 2.05) is 12.3 Å². The van der Waals surface area contributed by atoms with Gasteiger partial charge in [0.05, 0.1) is 6.04 Å². The highest BCUT2D eigenvalue weighted by Gasteiger charge is 2.17. The van der Waals surface area contributed by atoms with Gasteiger partial charge in [-0.3, -0.25) is 4.79 Å². The van der Waals surface area contributed by atoms with Crippen LogP contribution >= 0.6 is 22.7 Å². The van der Waals surface area contributed by atoms with Gasteiger partial charge in [-0.1, -0.05) is 11.8 Å². The molecule has 21 heavy (non-hydrogen) atoms. The average molecular weight is 319 g/mol. The van der Waals surface area contributed by atoms with Crippen molar-refractivity contribution in [3.63, 3.8) is 0 Å². The number of aryl methyl sites for hydroxylation is 2. The van der Waals surface area contributed by atoms with Gasteiger partial charge < -0.3 is 10.4 Å². The minimum Gasteiger partial charge on any atom is -0.384 e. The molecule has 2 aromatic heterocycles. The van der Waals surface area contributed by atoms with Crippen LogP contribution in [-0.4, -0.2) is 17.6 Å². The number of thiophene rings is 2. The molecule has 110 valence electrons. The summed E-state index contributed by atoms with van der Waals surface area (Å²) in [5.74, 6) is 5.26. The molecule has 2 N–H and O–H groups in total. The molecule has 1 unspecified atom stereocenters. The van der Waals surface area contributed by atoms with E-state index >= 15 is 0 Å². The van der Waals surface area contributed by atoms with Gasteiger partial charge in [0.1, 0.15) is 11.5 Å². The molecule has 2 aromatic rings. The van der Waals surface area contributed by atoms with Crippen LogP contribution in [0.2, 0.25) is 0 Å². The lowest BCUT2D eigenvalue weighted by molar-refractivity contribution is 0.0944. The van der Waals surface area contributed by atoms with E-state index in [1.165, 1.54) is 21.1 Å². The summed E-state index contributed by atoms with van der Waals surface area (Å²) in [6.45, 7) is 5.91. The maximum Gasteiger partial charge on any atom is 0.263 e. The van der Waals surface area contributed by atoms with Crippen LogP contribution in [0, 0.1) is 25.7 Å². The predicted molar refractivity (Wildman–Crippen MR) is 88.0 cm³/mol. The van der Waals surface area contributed by atoms with Gasteiger partial charge >= 0.3 is 0 Å². The van der Waals surface area contributed by atoms with E-state index in [1.54, 1.807) is 17.4 Å². The predicted octanol–water partition coefficient (Wildman–Crippen LogP) is 3.26. The van der Waals surface area contributed by atoms with Crippen molar-refractivity contribution in [3.8, 4) is 11.8 Å². The van der Waals surface area contributed by atoms with Crippen molar-refractivity contribution in [1.29, 1.82) is 0 Å². The fraction of sp³-hybridized carbons (Fsp3) is 0.312. The van der Waals surface area contributed by atoms with E-state index in [0.717, 1.165) is 5.56 Å². The summed E-state index contributed by atoms with van der Waals surface area (Å²) in [5.41, 5.74) is 1.82. The highest BCUT2D eigenvalue weighted by atomic mass is 32.1. The van der Waals surface area contributed by atoms with Crippen molar-refractivity contribution in [2.75, 3.05) is 6.61 Å². The molecule has 0 saturated carbocycles. The first-order valence-corrected chi connectivity index (χ1v) is 8.27. The molecule has 0 radical (unpaired) electrons. The molecule has 5 heteroatoms. The number of nitrogens with one attached hydrogen (secondary N) is 1. The maximum atomic E-state index is 12.4. The van der Waals surface area contributed by atoms with Gasteiger partial charge in [0.25, 0.3) is 5.91 Å². The third-order valence-corrected chi connectivity index (χ3v) is 4.96. The molecular weight excluding hydrogens is 302 g/mol. The normalized spacial score (nSPS) is 11.6. The highest BCUT2D eigenvalue weighted by Crippen LogP contribution is 2.26. The molecule has 0 aliphatic carbocycles. The molecule has 2 heterocycles. The van der Waals surface area contributed by atoms with Crippen LogP contribution in [-0.2, 0) is 0 Å². The molecule has 0 bridgehead atoms. The Morgan fingerprint density at radius 2 is 2.24 bits per heavy atom. The lowest BCUT2D eigenvalue weighted by atomic mass is 10.1. The first-order chi connectivity index (χ1) is 10.0. The molecule has 0 spiro atoms. The molecule has 0 saturated heterocycles. The lowest BCUT2D eigenvalue weighted by Crippen LogP contribution is -2.26. The topological polar surface area (TPSA) is 49.3 Å². The number of carbonyl (C=O) groups excluding carboxylic acids is 1. The summed E-state index contributed by atoms with van der Waals surface area (Å²) >= 11 is 3.10. The molecule has 0 fully saturated rings. The van der Waals surface area contributed by atoms with Gasteiger partial charge in [-0.05, 0) is 43.8 Å². The smallest absolute Gasteiger partial charge is 0.263 e. The van der Waals surface area contributed by atoms with Crippen molar-refractivity contribution in [3.05, 3.63) is 43.3 Å². The number of hydrogen-bond donors (Lipinski definition) is 2. The fourth-order valence-electron chi connectivity index (χ4n) is 2.14. The quantitative estimate of drug-likeness (QED) is 0.853.